The van der Waals surface area contributed by atoms with E-state index < -0.39 is 6.10 Å². The number of nitrogens with zero attached hydrogens (tertiary/aromatic N) is 1. The molecule has 0 saturated carbocycles. The summed E-state index contributed by atoms with van der Waals surface area (Å²) in [5.74, 6) is -0.0770. The van der Waals surface area contributed by atoms with Crippen molar-refractivity contribution in [1.82, 2.24) is 4.90 Å². The van der Waals surface area contributed by atoms with Gasteiger partial charge in [-0.15, -0.1) is 0 Å². The van der Waals surface area contributed by atoms with Gasteiger partial charge in [-0.2, -0.15) is 0 Å². The lowest BCUT2D eigenvalue weighted by atomic mass is 9.97. The number of hydrogen-bond donors (Lipinski definition) is 1. The minimum Gasteiger partial charge on any atom is -0.466 e. The standard InChI is InChI=1S/C20H31NO4/c1-3-19(16-8-6-5-7-9-16)25-15-18(22)14-21-12-10-17(11-13-21)20(23)24-4-2/h5-9,17-19,22H,3-4,10-15H2,1-2H3/t18-,19-/m0/s1. The number of esters is 1. The molecule has 0 bridgehead atoms. The molecule has 1 aliphatic rings. The van der Waals surface area contributed by atoms with Crippen LogP contribution in [0.25, 0.3) is 0 Å². The second-order valence-electron chi connectivity index (χ2n) is 6.62. The van der Waals surface area contributed by atoms with Gasteiger partial charge in [0.1, 0.15) is 0 Å². The van der Waals surface area contributed by atoms with Crippen LogP contribution in [0.3, 0.4) is 0 Å². The lowest BCUT2D eigenvalue weighted by Crippen LogP contribution is -2.42. The molecule has 2 rings (SSSR count). The first-order chi connectivity index (χ1) is 12.1. The van der Waals surface area contributed by atoms with E-state index in [4.69, 9.17) is 9.47 Å². The summed E-state index contributed by atoms with van der Waals surface area (Å²) in [5, 5.41) is 10.3. The van der Waals surface area contributed by atoms with Gasteiger partial charge in [-0.3, -0.25) is 4.79 Å². The van der Waals surface area contributed by atoms with Crippen molar-refractivity contribution in [3.8, 4) is 0 Å². The molecule has 1 saturated heterocycles. The predicted molar refractivity (Wildman–Crippen MR) is 97.2 cm³/mol. The molecule has 1 N–H and O–H groups in total. The third-order valence-electron chi connectivity index (χ3n) is 4.71. The fourth-order valence-corrected chi connectivity index (χ4v) is 3.31. The molecule has 0 radical (unpaired) electrons. The lowest BCUT2D eigenvalue weighted by molar-refractivity contribution is -0.149. The van der Waals surface area contributed by atoms with Crippen LogP contribution in [0.2, 0.25) is 0 Å². The number of aliphatic hydroxyl groups is 1. The summed E-state index contributed by atoms with van der Waals surface area (Å²) in [7, 11) is 0. The van der Waals surface area contributed by atoms with Gasteiger partial charge in [-0.1, -0.05) is 37.3 Å². The van der Waals surface area contributed by atoms with Crippen LogP contribution >= 0.6 is 0 Å². The molecule has 1 aromatic carbocycles. The van der Waals surface area contributed by atoms with Gasteiger partial charge >= 0.3 is 5.97 Å². The van der Waals surface area contributed by atoms with Crippen LogP contribution in [0.4, 0.5) is 0 Å². The van der Waals surface area contributed by atoms with E-state index in [-0.39, 0.29) is 18.0 Å². The molecule has 25 heavy (non-hydrogen) atoms. The normalized spacial score (nSPS) is 18.7. The molecular formula is C20H31NO4. The maximum absolute atomic E-state index is 11.8. The van der Waals surface area contributed by atoms with Crippen LogP contribution < -0.4 is 0 Å². The van der Waals surface area contributed by atoms with E-state index in [9.17, 15) is 9.90 Å². The second-order valence-corrected chi connectivity index (χ2v) is 6.62. The fraction of sp³-hybridized carbons (Fsp3) is 0.650. The van der Waals surface area contributed by atoms with Gasteiger partial charge in [0.05, 0.1) is 31.3 Å². The molecule has 0 amide bonds. The van der Waals surface area contributed by atoms with Crippen molar-refractivity contribution in [3.63, 3.8) is 0 Å². The fourth-order valence-electron chi connectivity index (χ4n) is 3.31. The Bertz CT molecular complexity index is 500. The predicted octanol–water partition coefficient (Wildman–Crippen LogP) is 2.79. The number of hydrogen-bond acceptors (Lipinski definition) is 5. The van der Waals surface area contributed by atoms with Gasteiger partial charge in [-0.05, 0) is 44.8 Å². The van der Waals surface area contributed by atoms with E-state index in [1.54, 1.807) is 0 Å². The van der Waals surface area contributed by atoms with E-state index in [0.29, 0.717) is 19.8 Å². The average molecular weight is 349 g/mol. The van der Waals surface area contributed by atoms with Crippen molar-refractivity contribution in [1.29, 1.82) is 0 Å². The Hall–Kier alpha value is -1.43. The highest BCUT2D eigenvalue weighted by Crippen LogP contribution is 2.22. The monoisotopic (exact) mass is 349 g/mol. The zero-order chi connectivity index (χ0) is 18.1. The summed E-state index contributed by atoms with van der Waals surface area (Å²) in [6.07, 6.45) is 1.98. The maximum Gasteiger partial charge on any atom is 0.309 e. The Morgan fingerprint density at radius 3 is 2.52 bits per heavy atom. The second kappa shape index (κ2) is 10.5. The first-order valence-corrected chi connectivity index (χ1v) is 9.37. The number of piperidine rings is 1. The largest absolute Gasteiger partial charge is 0.466 e. The molecule has 1 aromatic rings. The first kappa shape index (κ1) is 19.9. The number of carbonyl (C=O) groups is 1. The Balaban J connectivity index is 1.70. The number of rotatable bonds is 9. The van der Waals surface area contributed by atoms with Gasteiger partial charge in [0.2, 0.25) is 0 Å². The first-order valence-electron chi connectivity index (χ1n) is 9.37. The number of β-amino-alcohol motifs (C(OH)–C–C–N with tert-alkyl or cyclic N) is 1. The zero-order valence-corrected chi connectivity index (χ0v) is 15.4. The average Bonchev–Trinajstić information content (AvgIpc) is 2.64. The van der Waals surface area contributed by atoms with Crippen LogP contribution in [0.1, 0.15) is 44.8 Å². The van der Waals surface area contributed by atoms with E-state index in [0.717, 1.165) is 37.9 Å². The molecule has 5 nitrogen and oxygen atoms in total. The number of carbonyl (C=O) groups excluding carboxylic acids is 1. The number of aliphatic hydroxyl groups excluding tert-OH is 1. The third-order valence-corrected chi connectivity index (χ3v) is 4.71. The minimum atomic E-state index is -0.517. The van der Waals surface area contributed by atoms with Crippen molar-refractivity contribution >= 4 is 5.97 Å². The molecule has 5 heteroatoms. The lowest BCUT2D eigenvalue weighted by Gasteiger charge is -2.32. The smallest absolute Gasteiger partial charge is 0.309 e. The number of likely N-dealkylation sites (tertiary alicyclic amines) is 1. The Kier molecular flexibility index (Phi) is 8.38. The van der Waals surface area contributed by atoms with Gasteiger partial charge in [-0.25, -0.2) is 0 Å². The Labute approximate surface area is 150 Å². The van der Waals surface area contributed by atoms with E-state index in [1.165, 1.54) is 0 Å². The van der Waals surface area contributed by atoms with Crippen LogP contribution in [0.15, 0.2) is 30.3 Å². The SMILES string of the molecule is CCOC(=O)C1CCN(C[C@H](O)CO[C@@H](CC)c2ccccc2)CC1. The molecule has 0 unspecified atom stereocenters. The van der Waals surface area contributed by atoms with Crippen molar-refractivity contribution in [3.05, 3.63) is 35.9 Å². The highest BCUT2D eigenvalue weighted by atomic mass is 16.5. The molecule has 1 fully saturated rings. The summed E-state index contributed by atoms with van der Waals surface area (Å²) in [6.45, 7) is 6.90. The topological polar surface area (TPSA) is 59.0 Å². The van der Waals surface area contributed by atoms with Crippen molar-refractivity contribution in [2.75, 3.05) is 32.8 Å². The van der Waals surface area contributed by atoms with Crippen molar-refractivity contribution < 1.29 is 19.4 Å². The van der Waals surface area contributed by atoms with Gasteiger partial charge in [0.25, 0.3) is 0 Å². The van der Waals surface area contributed by atoms with E-state index in [1.807, 2.05) is 25.1 Å². The highest BCUT2D eigenvalue weighted by Gasteiger charge is 2.27. The molecule has 140 valence electrons. The Morgan fingerprint density at radius 1 is 1.24 bits per heavy atom. The van der Waals surface area contributed by atoms with Crippen molar-refractivity contribution in [2.45, 2.75) is 45.3 Å². The molecule has 0 aromatic heterocycles. The summed E-state index contributed by atoms with van der Waals surface area (Å²) in [5.41, 5.74) is 1.15. The van der Waals surface area contributed by atoms with Crippen LogP contribution in [0, 0.1) is 5.92 Å². The molecule has 1 aliphatic heterocycles. The van der Waals surface area contributed by atoms with Gasteiger partial charge in [0.15, 0.2) is 0 Å². The van der Waals surface area contributed by atoms with Crippen LogP contribution in [-0.4, -0.2) is 54.9 Å². The van der Waals surface area contributed by atoms with Gasteiger partial charge in [0, 0.05) is 6.54 Å². The van der Waals surface area contributed by atoms with Crippen molar-refractivity contribution in [2.24, 2.45) is 5.92 Å². The summed E-state index contributed by atoms with van der Waals surface area (Å²) in [4.78, 5) is 14.0. The summed E-state index contributed by atoms with van der Waals surface area (Å²) >= 11 is 0. The molecule has 0 spiro atoms. The molecular weight excluding hydrogens is 318 g/mol. The molecule has 2 atom stereocenters. The third kappa shape index (κ3) is 6.42. The summed E-state index contributed by atoms with van der Waals surface area (Å²) in [6, 6.07) is 10.1. The van der Waals surface area contributed by atoms with Crippen LogP contribution in [0.5, 0.6) is 0 Å². The highest BCUT2D eigenvalue weighted by molar-refractivity contribution is 5.72. The quantitative estimate of drug-likeness (QED) is 0.695. The minimum absolute atomic E-state index is 0.00662. The van der Waals surface area contributed by atoms with Gasteiger partial charge < -0.3 is 19.5 Å². The number of ether oxygens (including phenoxy) is 2. The maximum atomic E-state index is 11.8. The Morgan fingerprint density at radius 2 is 1.92 bits per heavy atom. The molecule has 0 aliphatic carbocycles. The molecule has 1 heterocycles. The zero-order valence-electron chi connectivity index (χ0n) is 15.4. The van der Waals surface area contributed by atoms with Crippen LogP contribution in [-0.2, 0) is 14.3 Å². The number of benzene rings is 1. The van der Waals surface area contributed by atoms with E-state index in [2.05, 4.69) is 24.0 Å². The summed E-state index contributed by atoms with van der Waals surface area (Å²) < 4.78 is 11.0. The van der Waals surface area contributed by atoms with E-state index >= 15 is 0 Å².